The summed E-state index contributed by atoms with van der Waals surface area (Å²) in [7, 11) is 0. The Balaban J connectivity index is 2.14. The second kappa shape index (κ2) is 8.55. The quantitative estimate of drug-likeness (QED) is 0.416. The predicted octanol–water partition coefficient (Wildman–Crippen LogP) is 4.36. The summed E-state index contributed by atoms with van der Waals surface area (Å²) in [5.41, 5.74) is 2.48. The fourth-order valence-electron chi connectivity index (χ4n) is 2.32. The van der Waals surface area contributed by atoms with Gasteiger partial charge < -0.3 is 15.7 Å². The summed E-state index contributed by atoms with van der Waals surface area (Å²) < 4.78 is 0. The van der Waals surface area contributed by atoms with Crippen LogP contribution >= 0.6 is 0 Å². The zero-order valence-corrected chi connectivity index (χ0v) is 14.3. The molecule has 0 saturated heterocycles. The maximum atomic E-state index is 12.2. The Kier molecular flexibility index (Phi) is 6.19. The second-order valence-corrected chi connectivity index (χ2v) is 5.71. The van der Waals surface area contributed by atoms with Crippen molar-refractivity contribution in [1.29, 1.82) is 5.26 Å². The Hall–Kier alpha value is -3.26. The first kappa shape index (κ1) is 18.1. The smallest absolute Gasteiger partial charge is 0.267 e. The van der Waals surface area contributed by atoms with E-state index in [4.69, 9.17) is 0 Å². The van der Waals surface area contributed by atoms with E-state index in [0.29, 0.717) is 11.6 Å². The lowest BCUT2D eigenvalue weighted by Gasteiger charge is -2.14. The number of benzene rings is 2. The number of hydrogen-bond donors (Lipinski definition) is 3. The summed E-state index contributed by atoms with van der Waals surface area (Å²) >= 11 is 0. The van der Waals surface area contributed by atoms with Crippen molar-refractivity contribution in [1.82, 2.24) is 0 Å². The number of nitriles is 1. The minimum atomic E-state index is -0.512. The second-order valence-electron chi connectivity index (χ2n) is 5.71. The standard InChI is InChI=1S/C20H21N3O2/c1-3-14(2)18-6-4-5-7-19(18)22-13-15(12-21)20(25)23-16-8-10-17(24)11-9-16/h4-11,13-14,22,24H,3H2,1-2H3,(H,23,25)/b15-13-. The number of nitrogens with one attached hydrogen (secondary N) is 2. The van der Waals surface area contributed by atoms with Gasteiger partial charge in [-0.15, -0.1) is 0 Å². The highest BCUT2D eigenvalue weighted by Gasteiger charge is 2.11. The van der Waals surface area contributed by atoms with E-state index < -0.39 is 5.91 Å². The molecular formula is C20H21N3O2. The summed E-state index contributed by atoms with van der Waals surface area (Å²) in [6.07, 6.45) is 2.41. The topological polar surface area (TPSA) is 85.2 Å². The Morgan fingerprint density at radius 1 is 1.24 bits per heavy atom. The van der Waals surface area contributed by atoms with Crippen LogP contribution in [0.4, 0.5) is 11.4 Å². The van der Waals surface area contributed by atoms with Crippen molar-refractivity contribution in [3.63, 3.8) is 0 Å². The number of aromatic hydroxyl groups is 1. The van der Waals surface area contributed by atoms with Gasteiger partial charge in [0.15, 0.2) is 0 Å². The highest BCUT2D eigenvalue weighted by atomic mass is 16.3. The van der Waals surface area contributed by atoms with E-state index >= 15 is 0 Å². The van der Waals surface area contributed by atoms with Crippen LogP contribution in [0.1, 0.15) is 31.7 Å². The monoisotopic (exact) mass is 335 g/mol. The van der Waals surface area contributed by atoms with E-state index in [0.717, 1.165) is 17.7 Å². The lowest BCUT2D eigenvalue weighted by atomic mass is 9.97. The SMILES string of the molecule is CCC(C)c1ccccc1N/C=C(/C#N)C(=O)Nc1ccc(O)cc1. The molecule has 128 valence electrons. The highest BCUT2D eigenvalue weighted by Crippen LogP contribution is 2.26. The van der Waals surface area contributed by atoms with Gasteiger partial charge in [0.05, 0.1) is 0 Å². The fourth-order valence-corrected chi connectivity index (χ4v) is 2.32. The summed E-state index contributed by atoms with van der Waals surface area (Å²) in [5, 5.41) is 24.2. The third kappa shape index (κ3) is 4.85. The lowest BCUT2D eigenvalue weighted by Crippen LogP contribution is -2.14. The van der Waals surface area contributed by atoms with Crippen molar-refractivity contribution in [2.75, 3.05) is 10.6 Å². The van der Waals surface area contributed by atoms with Gasteiger partial charge in [-0.25, -0.2) is 0 Å². The van der Waals surface area contributed by atoms with Crippen LogP contribution in [0, 0.1) is 11.3 Å². The molecule has 0 heterocycles. The molecule has 0 aliphatic heterocycles. The Morgan fingerprint density at radius 2 is 1.92 bits per heavy atom. The van der Waals surface area contributed by atoms with Crippen LogP contribution < -0.4 is 10.6 Å². The molecule has 0 bridgehead atoms. The highest BCUT2D eigenvalue weighted by molar-refractivity contribution is 6.06. The molecule has 1 atom stereocenters. The minimum Gasteiger partial charge on any atom is -0.508 e. The number of carbonyl (C=O) groups is 1. The Bertz CT molecular complexity index is 804. The molecule has 0 aliphatic rings. The van der Waals surface area contributed by atoms with Crippen molar-refractivity contribution in [3.05, 3.63) is 65.9 Å². The molecule has 0 aliphatic carbocycles. The van der Waals surface area contributed by atoms with Crippen molar-refractivity contribution >= 4 is 17.3 Å². The fraction of sp³-hybridized carbons (Fsp3) is 0.200. The van der Waals surface area contributed by atoms with Gasteiger partial charge in [0.2, 0.25) is 0 Å². The van der Waals surface area contributed by atoms with Gasteiger partial charge in [0.25, 0.3) is 5.91 Å². The number of phenolic OH excluding ortho intramolecular Hbond substituents is 1. The average molecular weight is 335 g/mol. The predicted molar refractivity (Wildman–Crippen MR) is 99.2 cm³/mol. The van der Waals surface area contributed by atoms with E-state index in [2.05, 4.69) is 24.5 Å². The number of carbonyl (C=O) groups excluding carboxylic acids is 1. The number of para-hydroxylation sites is 1. The Labute approximate surface area is 147 Å². The molecule has 0 radical (unpaired) electrons. The van der Waals surface area contributed by atoms with Gasteiger partial charge in [-0.05, 0) is 48.2 Å². The van der Waals surface area contributed by atoms with Crippen LogP contribution in [0.2, 0.25) is 0 Å². The van der Waals surface area contributed by atoms with Crippen LogP contribution in [0.25, 0.3) is 0 Å². The third-order valence-electron chi connectivity index (χ3n) is 3.97. The first-order valence-corrected chi connectivity index (χ1v) is 8.11. The minimum absolute atomic E-state index is 0.0352. The molecule has 5 nitrogen and oxygen atoms in total. The van der Waals surface area contributed by atoms with Crippen LogP contribution in [0.3, 0.4) is 0 Å². The maximum Gasteiger partial charge on any atom is 0.267 e. The van der Waals surface area contributed by atoms with E-state index in [9.17, 15) is 15.2 Å². The van der Waals surface area contributed by atoms with E-state index in [-0.39, 0.29) is 11.3 Å². The normalized spacial score (nSPS) is 12.1. The van der Waals surface area contributed by atoms with Gasteiger partial charge in [-0.1, -0.05) is 32.0 Å². The summed E-state index contributed by atoms with van der Waals surface area (Å²) in [6, 6.07) is 15.8. The number of hydrogen-bond acceptors (Lipinski definition) is 4. The summed E-state index contributed by atoms with van der Waals surface area (Å²) in [5.74, 6) is -0.0347. The molecule has 5 heteroatoms. The van der Waals surface area contributed by atoms with Crippen molar-refractivity contribution in [2.24, 2.45) is 0 Å². The molecule has 0 spiro atoms. The van der Waals surface area contributed by atoms with Crippen molar-refractivity contribution < 1.29 is 9.90 Å². The molecule has 0 saturated carbocycles. The first-order chi connectivity index (χ1) is 12.0. The van der Waals surface area contributed by atoms with Crippen LogP contribution in [0.5, 0.6) is 5.75 Å². The van der Waals surface area contributed by atoms with E-state index in [1.807, 2.05) is 30.3 Å². The molecule has 0 aromatic heterocycles. The summed E-state index contributed by atoms with van der Waals surface area (Å²) in [6.45, 7) is 4.25. The van der Waals surface area contributed by atoms with Crippen molar-refractivity contribution in [3.8, 4) is 11.8 Å². The Morgan fingerprint density at radius 3 is 2.56 bits per heavy atom. The molecule has 3 N–H and O–H groups in total. The molecule has 1 unspecified atom stereocenters. The van der Waals surface area contributed by atoms with Gasteiger partial charge in [-0.3, -0.25) is 4.79 Å². The number of amides is 1. The lowest BCUT2D eigenvalue weighted by molar-refractivity contribution is -0.112. The van der Waals surface area contributed by atoms with Gasteiger partial charge in [0.1, 0.15) is 17.4 Å². The third-order valence-corrected chi connectivity index (χ3v) is 3.97. The number of rotatable bonds is 6. The number of nitrogens with zero attached hydrogens (tertiary/aromatic N) is 1. The zero-order valence-electron chi connectivity index (χ0n) is 14.3. The first-order valence-electron chi connectivity index (χ1n) is 8.11. The van der Waals surface area contributed by atoms with Gasteiger partial charge in [-0.2, -0.15) is 5.26 Å². The van der Waals surface area contributed by atoms with Crippen LogP contribution in [0.15, 0.2) is 60.3 Å². The number of phenols is 1. The molecule has 25 heavy (non-hydrogen) atoms. The molecule has 2 aromatic carbocycles. The zero-order chi connectivity index (χ0) is 18.2. The van der Waals surface area contributed by atoms with Crippen LogP contribution in [-0.4, -0.2) is 11.0 Å². The van der Waals surface area contributed by atoms with Gasteiger partial charge >= 0.3 is 0 Å². The molecule has 2 aromatic rings. The van der Waals surface area contributed by atoms with Gasteiger partial charge in [0, 0.05) is 17.6 Å². The van der Waals surface area contributed by atoms with Crippen molar-refractivity contribution in [2.45, 2.75) is 26.2 Å². The van der Waals surface area contributed by atoms with E-state index in [1.54, 1.807) is 12.1 Å². The molecule has 2 rings (SSSR count). The molecule has 1 amide bonds. The summed E-state index contributed by atoms with van der Waals surface area (Å²) in [4.78, 5) is 12.2. The van der Waals surface area contributed by atoms with Crippen LogP contribution in [-0.2, 0) is 4.79 Å². The van der Waals surface area contributed by atoms with E-state index in [1.165, 1.54) is 18.3 Å². The molecule has 0 fully saturated rings. The largest absolute Gasteiger partial charge is 0.508 e. The number of anilines is 2. The maximum absolute atomic E-state index is 12.2. The molecular weight excluding hydrogens is 314 g/mol. The average Bonchev–Trinajstić information content (AvgIpc) is 2.64.